The second kappa shape index (κ2) is 7.50. The van der Waals surface area contributed by atoms with Crippen molar-refractivity contribution in [2.45, 2.75) is 38.4 Å². The van der Waals surface area contributed by atoms with Crippen LogP contribution in [0.1, 0.15) is 31.5 Å². The van der Waals surface area contributed by atoms with E-state index in [0.29, 0.717) is 31.6 Å². The highest BCUT2D eigenvalue weighted by atomic mass is 19.1. The normalized spacial score (nSPS) is 21.8. The Kier molecular flexibility index (Phi) is 5.67. The number of halogens is 1. The molecule has 1 aliphatic rings. The van der Waals surface area contributed by atoms with Gasteiger partial charge in [-0.05, 0) is 12.8 Å². The summed E-state index contributed by atoms with van der Waals surface area (Å²) in [5, 5.41) is 24.2. The van der Waals surface area contributed by atoms with Gasteiger partial charge in [0.25, 0.3) is 0 Å². The first kappa shape index (κ1) is 16.6. The van der Waals surface area contributed by atoms with E-state index in [1.165, 1.54) is 4.68 Å². The van der Waals surface area contributed by atoms with Crippen molar-refractivity contribution in [3.63, 3.8) is 0 Å². The number of hydrogen-bond donors (Lipinski definition) is 1. The number of rotatable bonds is 7. The van der Waals surface area contributed by atoms with Crippen molar-refractivity contribution in [2.75, 3.05) is 26.4 Å². The SMILES string of the molecule is CCc1c([N+](=O)[O-])c(OCCCO)nn1C1CCOCC1F. The predicted molar refractivity (Wildman–Crippen MR) is 74.8 cm³/mol. The number of aliphatic hydroxyl groups is 1. The lowest BCUT2D eigenvalue weighted by atomic mass is 10.1. The minimum atomic E-state index is -1.26. The molecule has 0 spiro atoms. The highest BCUT2D eigenvalue weighted by Crippen LogP contribution is 2.35. The molecule has 1 aliphatic heterocycles. The maximum Gasteiger partial charge on any atom is 0.353 e. The van der Waals surface area contributed by atoms with E-state index in [9.17, 15) is 14.5 Å². The third-order valence-corrected chi connectivity index (χ3v) is 3.58. The van der Waals surface area contributed by atoms with Gasteiger partial charge < -0.3 is 14.6 Å². The lowest BCUT2D eigenvalue weighted by Gasteiger charge is -2.27. The average Bonchev–Trinajstić information content (AvgIpc) is 2.86. The Hall–Kier alpha value is -1.74. The quantitative estimate of drug-likeness (QED) is 0.464. The van der Waals surface area contributed by atoms with Crippen LogP contribution in [0.2, 0.25) is 0 Å². The maximum atomic E-state index is 14.1. The molecule has 1 aromatic heterocycles. The van der Waals surface area contributed by atoms with Gasteiger partial charge in [-0.1, -0.05) is 6.92 Å². The molecule has 2 atom stereocenters. The van der Waals surface area contributed by atoms with Crippen LogP contribution in [0.4, 0.5) is 10.1 Å². The van der Waals surface area contributed by atoms with Gasteiger partial charge >= 0.3 is 11.6 Å². The standard InChI is InChI=1S/C13H20FN3O5/c1-2-10-12(17(19)20)13(22-6-3-5-18)15-16(10)11-4-7-21-8-9(11)14/h9,11,18H,2-8H2,1H3. The van der Waals surface area contributed by atoms with E-state index >= 15 is 0 Å². The number of aliphatic hydroxyl groups excluding tert-OH is 1. The average molecular weight is 317 g/mol. The summed E-state index contributed by atoms with van der Waals surface area (Å²) >= 11 is 0. The largest absolute Gasteiger partial charge is 0.472 e. The van der Waals surface area contributed by atoms with E-state index < -0.39 is 17.1 Å². The van der Waals surface area contributed by atoms with Gasteiger partial charge in [-0.2, -0.15) is 0 Å². The molecule has 9 heteroatoms. The molecule has 0 bridgehead atoms. The number of nitro groups is 1. The van der Waals surface area contributed by atoms with Crippen LogP contribution in [-0.2, 0) is 11.2 Å². The van der Waals surface area contributed by atoms with Crippen LogP contribution >= 0.6 is 0 Å². The molecule has 8 nitrogen and oxygen atoms in total. The van der Waals surface area contributed by atoms with Crippen molar-refractivity contribution < 1.29 is 23.9 Å². The molecule has 1 fully saturated rings. The molecule has 0 aromatic carbocycles. The van der Waals surface area contributed by atoms with Crippen molar-refractivity contribution in [1.29, 1.82) is 0 Å². The number of alkyl halides is 1. The Morgan fingerprint density at radius 2 is 2.41 bits per heavy atom. The summed E-state index contributed by atoms with van der Waals surface area (Å²) in [6.45, 7) is 2.14. The number of nitrogens with zero attached hydrogens (tertiary/aromatic N) is 3. The van der Waals surface area contributed by atoms with Crippen molar-refractivity contribution in [3.8, 4) is 5.88 Å². The molecule has 2 rings (SSSR count). The molecule has 0 aliphatic carbocycles. The molecule has 0 saturated carbocycles. The van der Waals surface area contributed by atoms with Gasteiger partial charge in [0.1, 0.15) is 11.9 Å². The van der Waals surface area contributed by atoms with Crippen LogP contribution in [0.25, 0.3) is 0 Å². The van der Waals surface area contributed by atoms with Gasteiger partial charge in [0.15, 0.2) is 0 Å². The molecule has 0 radical (unpaired) electrons. The zero-order valence-electron chi connectivity index (χ0n) is 12.4. The monoisotopic (exact) mass is 317 g/mol. The zero-order chi connectivity index (χ0) is 16.1. The molecule has 1 saturated heterocycles. The van der Waals surface area contributed by atoms with E-state index in [0.717, 1.165) is 0 Å². The number of ether oxygens (including phenoxy) is 2. The minimum Gasteiger partial charge on any atom is -0.472 e. The van der Waals surface area contributed by atoms with Crippen molar-refractivity contribution in [2.24, 2.45) is 0 Å². The van der Waals surface area contributed by atoms with Gasteiger partial charge in [-0.3, -0.25) is 14.8 Å². The smallest absolute Gasteiger partial charge is 0.353 e. The lowest BCUT2D eigenvalue weighted by molar-refractivity contribution is -0.386. The van der Waals surface area contributed by atoms with Crippen molar-refractivity contribution >= 4 is 5.69 Å². The fourth-order valence-electron chi connectivity index (χ4n) is 2.52. The minimum absolute atomic E-state index is 0.0395. The highest BCUT2D eigenvalue weighted by molar-refractivity contribution is 5.46. The first-order valence-electron chi connectivity index (χ1n) is 7.31. The zero-order valence-corrected chi connectivity index (χ0v) is 12.4. The van der Waals surface area contributed by atoms with Crippen LogP contribution in [0, 0.1) is 10.1 Å². The lowest BCUT2D eigenvalue weighted by Crippen LogP contribution is -2.32. The number of aromatic nitrogens is 2. The van der Waals surface area contributed by atoms with Crippen molar-refractivity contribution in [1.82, 2.24) is 9.78 Å². The van der Waals surface area contributed by atoms with E-state index in [-0.39, 0.29) is 31.4 Å². The molecule has 2 heterocycles. The first-order valence-corrected chi connectivity index (χ1v) is 7.31. The molecule has 1 aromatic rings. The summed E-state index contributed by atoms with van der Waals surface area (Å²) in [5.74, 6) is -0.117. The van der Waals surface area contributed by atoms with Crippen molar-refractivity contribution in [3.05, 3.63) is 15.8 Å². The van der Waals surface area contributed by atoms with Gasteiger partial charge in [0.2, 0.25) is 0 Å². The Labute approximate surface area is 127 Å². The van der Waals surface area contributed by atoms with E-state index in [2.05, 4.69) is 5.10 Å². The van der Waals surface area contributed by atoms with Crippen LogP contribution in [0.5, 0.6) is 5.88 Å². The Morgan fingerprint density at radius 1 is 1.64 bits per heavy atom. The second-order valence-electron chi connectivity index (χ2n) is 5.03. The third-order valence-electron chi connectivity index (χ3n) is 3.58. The molecule has 2 unspecified atom stereocenters. The van der Waals surface area contributed by atoms with E-state index in [1.807, 2.05) is 0 Å². The van der Waals surface area contributed by atoms with Gasteiger partial charge in [0, 0.05) is 19.6 Å². The Balaban J connectivity index is 2.36. The summed E-state index contributed by atoms with van der Waals surface area (Å²) in [6, 6.07) is -0.586. The summed E-state index contributed by atoms with van der Waals surface area (Å²) in [6.07, 6.45) is -0.169. The van der Waals surface area contributed by atoms with Gasteiger partial charge in [-0.15, -0.1) is 5.10 Å². The van der Waals surface area contributed by atoms with E-state index in [4.69, 9.17) is 14.6 Å². The van der Waals surface area contributed by atoms with Crippen LogP contribution in [0.3, 0.4) is 0 Å². The summed E-state index contributed by atoms with van der Waals surface area (Å²) in [4.78, 5) is 10.8. The molecule has 22 heavy (non-hydrogen) atoms. The summed E-state index contributed by atoms with van der Waals surface area (Å²) in [5.41, 5.74) is 0.123. The number of hydrogen-bond acceptors (Lipinski definition) is 6. The van der Waals surface area contributed by atoms with Crippen LogP contribution in [-0.4, -0.2) is 52.4 Å². The fraction of sp³-hybridized carbons (Fsp3) is 0.769. The molecule has 124 valence electrons. The molecular weight excluding hydrogens is 297 g/mol. The van der Waals surface area contributed by atoms with Gasteiger partial charge in [0.05, 0.1) is 24.2 Å². The Morgan fingerprint density at radius 3 is 3.00 bits per heavy atom. The summed E-state index contributed by atoms with van der Waals surface area (Å²) in [7, 11) is 0. The Bertz CT molecular complexity index is 522. The summed E-state index contributed by atoms with van der Waals surface area (Å²) < 4.78 is 25.8. The second-order valence-corrected chi connectivity index (χ2v) is 5.03. The molecule has 1 N–H and O–H groups in total. The van der Waals surface area contributed by atoms with E-state index in [1.54, 1.807) is 6.92 Å². The van der Waals surface area contributed by atoms with Crippen LogP contribution in [0.15, 0.2) is 0 Å². The predicted octanol–water partition coefficient (Wildman–Crippen LogP) is 1.41. The highest BCUT2D eigenvalue weighted by Gasteiger charge is 2.35. The maximum absolute atomic E-state index is 14.1. The molecule has 0 amide bonds. The van der Waals surface area contributed by atoms with Crippen LogP contribution < -0.4 is 4.74 Å². The fourth-order valence-corrected chi connectivity index (χ4v) is 2.52. The van der Waals surface area contributed by atoms with Gasteiger partial charge in [-0.25, -0.2) is 4.39 Å². The molecular formula is C13H20FN3O5. The third kappa shape index (κ3) is 3.36. The topological polar surface area (TPSA) is 99.7 Å². The first-order chi connectivity index (χ1) is 10.6.